The first-order valence-corrected chi connectivity index (χ1v) is 7.39. The smallest absolute Gasteiger partial charge is 0.224 e. The van der Waals surface area contributed by atoms with Gasteiger partial charge in [0.05, 0.1) is 0 Å². The van der Waals surface area contributed by atoms with Crippen molar-refractivity contribution < 1.29 is 0 Å². The van der Waals surface area contributed by atoms with Crippen molar-refractivity contribution >= 4 is 17.4 Å². The summed E-state index contributed by atoms with van der Waals surface area (Å²) in [6.45, 7) is 3.20. The number of fused-ring (bicyclic) bond motifs is 1. The summed E-state index contributed by atoms with van der Waals surface area (Å²) < 4.78 is 0. The zero-order chi connectivity index (χ0) is 12.5. The molecule has 0 amide bonds. The molecular formula is C14H20ClN3. The van der Waals surface area contributed by atoms with Crippen LogP contribution in [0.5, 0.6) is 0 Å². The fraction of sp³-hybridized carbons (Fsp3) is 0.714. The number of hydrogen-bond donors (Lipinski definition) is 0. The summed E-state index contributed by atoms with van der Waals surface area (Å²) in [5.74, 6) is 1.92. The molecule has 2 unspecified atom stereocenters. The third-order valence-corrected chi connectivity index (χ3v) is 4.61. The van der Waals surface area contributed by atoms with Crippen LogP contribution in [0.4, 0.5) is 5.82 Å². The predicted molar refractivity (Wildman–Crippen MR) is 74.1 cm³/mol. The van der Waals surface area contributed by atoms with Gasteiger partial charge in [0, 0.05) is 24.3 Å². The quantitative estimate of drug-likeness (QED) is 0.727. The maximum absolute atomic E-state index is 5.96. The lowest BCUT2D eigenvalue weighted by molar-refractivity contribution is 0.242. The van der Waals surface area contributed by atoms with Gasteiger partial charge in [0.2, 0.25) is 5.28 Å². The first kappa shape index (κ1) is 12.2. The Morgan fingerprint density at radius 3 is 2.89 bits per heavy atom. The van der Waals surface area contributed by atoms with Crippen molar-refractivity contribution in [3.8, 4) is 0 Å². The van der Waals surface area contributed by atoms with Gasteiger partial charge < -0.3 is 4.90 Å². The fourth-order valence-corrected chi connectivity index (χ4v) is 3.72. The second kappa shape index (κ2) is 5.04. The molecule has 0 spiro atoms. The molecule has 0 bridgehead atoms. The van der Waals surface area contributed by atoms with Crippen molar-refractivity contribution in [2.75, 3.05) is 11.4 Å². The number of piperidine rings is 1. The molecule has 1 aromatic heterocycles. The maximum Gasteiger partial charge on any atom is 0.224 e. The van der Waals surface area contributed by atoms with Gasteiger partial charge in [0.15, 0.2) is 0 Å². The lowest BCUT2D eigenvalue weighted by atomic mass is 9.78. The van der Waals surface area contributed by atoms with Crippen LogP contribution < -0.4 is 4.90 Å². The van der Waals surface area contributed by atoms with Crippen molar-refractivity contribution in [3.63, 3.8) is 0 Å². The fourth-order valence-electron chi connectivity index (χ4n) is 3.59. The second-order valence-electron chi connectivity index (χ2n) is 5.59. The van der Waals surface area contributed by atoms with E-state index in [1.807, 2.05) is 6.20 Å². The summed E-state index contributed by atoms with van der Waals surface area (Å²) in [7, 11) is 0. The molecule has 1 saturated heterocycles. The van der Waals surface area contributed by atoms with Crippen LogP contribution in [-0.4, -0.2) is 22.6 Å². The van der Waals surface area contributed by atoms with Gasteiger partial charge in [-0.1, -0.05) is 12.8 Å². The second-order valence-corrected chi connectivity index (χ2v) is 5.93. The Kier molecular flexibility index (Phi) is 3.42. The van der Waals surface area contributed by atoms with Crippen molar-refractivity contribution in [1.82, 2.24) is 9.97 Å². The van der Waals surface area contributed by atoms with Crippen LogP contribution in [0.3, 0.4) is 0 Å². The number of nitrogens with zero attached hydrogens (tertiary/aromatic N) is 3. The molecule has 0 N–H and O–H groups in total. The molecule has 2 heterocycles. The Morgan fingerprint density at radius 2 is 2.00 bits per heavy atom. The van der Waals surface area contributed by atoms with Gasteiger partial charge in [0.1, 0.15) is 5.82 Å². The van der Waals surface area contributed by atoms with E-state index in [9.17, 15) is 0 Å². The summed E-state index contributed by atoms with van der Waals surface area (Å²) in [6, 6.07) is 0.678. The van der Waals surface area contributed by atoms with E-state index in [1.165, 1.54) is 38.5 Å². The summed E-state index contributed by atoms with van der Waals surface area (Å²) in [5, 5.41) is 0.369. The van der Waals surface area contributed by atoms with E-state index < -0.39 is 0 Å². The first-order valence-electron chi connectivity index (χ1n) is 7.01. The highest BCUT2D eigenvalue weighted by atomic mass is 35.5. The van der Waals surface area contributed by atoms with E-state index in [4.69, 9.17) is 11.6 Å². The minimum Gasteiger partial charge on any atom is -0.353 e. The lowest BCUT2D eigenvalue weighted by Gasteiger charge is -2.45. The Hall–Kier alpha value is -0.830. The molecule has 2 aliphatic rings. The molecule has 3 rings (SSSR count). The highest BCUT2D eigenvalue weighted by molar-refractivity contribution is 6.28. The average molecular weight is 266 g/mol. The molecule has 4 heteroatoms. The van der Waals surface area contributed by atoms with E-state index >= 15 is 0 Å². The maximum atomic E-state index is 5.96. The SMILES string of the molecule is Cc1cnc(Cl)nc1N1CCCC2CCCCC21. The third kappa shape index (κ3) is 2.20. The number of hydrogen-bond acceptors (Lipinski definition) is 3. The summed E-state index contributed by atoms with van der Waals surface area (Å²) in [5.41, 5.74) is 1.14. The highest BCUT2D eigenvalue weighted by Crippen LogP contribution is 2.38. The number of rotatable bonds is 1. The van der Waals surface area contributed by atoms with E-state index in [0.29, 0.717) is 11.3 Å². The standard InChI is InChI=1S/C14H20ClN3/c1-10-9-16-14(15)17-13(10)18-8-4-6-11-5-2-3-7-12(11)18/h9,11-12H,2-8H2,1H3. The topological polar surface area (TPSA) is 29.0 Å². The predicted octanol–water partition coefficient (Wildman–Crippen LogP) is 3.60. The normalized spacial score (nSPS) is 28.0. The van der Waals surface area contributed by atoms with Crippen molar-refractivity contribution in [2.24, 2.45) is 5.92 Å². The Balaban J connectivity index is 1.91. The van der Waals surface area contributed by atoms with Crippen LogP contribution in [0.1, 0.15) is 44.1 Å². The Bertz CT molecular complexity index is 433. The van der Waals surface area contributed by atoms with Gasteiger partial charge in [-0.2, -0.15) is 0 Å². The van der Waals surface area contributed by atoms with Gasteiger partial charge in [-0.15, -0.1) is 0 Å². The lowest BCUT2D eigenvalue weighted by Crippen LogP contribution is -2.47. The minimum atomic E-state index is 0.369. The van der Waals surface area contributed by atoms with Crippen LogP contribution in [0.25, 0.3) is 0 Å². The van der Waals surface area contributed by atoms with Gasteiger partial charge in [-0.05, 0) is 50.1 Å². The molecule has 2 atom stereocenters. The van der Waals surface area contributed by atoms with E-state index in [-0.39, 0.29) is 0 Å². The van der Waals surface area contributed by atoms with Gasteiger partial charge in [-0.3, -0.25) is 0 Å². The van der Waals surface area contributed by atoms with Gasteiger partial charge in [-0.25, -0.2) is 9.97 Å². The van der Waals surface area contributed by atoms with E-state index in [1.54, 1.807) is 0 Å². The molecule has 1 aromatic rings. The average Bonchev–Trinajstić information content (AvgIpc) is 2.41. The van der Waals surface area contributed by atoms with Crippen LogP contribution in [0.2, 0.25) is 5.28 Å². The van der Waals surface area contributed by atoms with Crippen molar-refractivity contribution in [2.45, 2.75) is 51.5 Å². The van der Waals surface area contributed by atoms with Crippen LogP contribution in [0, 0.1) is 12.8 Å². The zero-order valence-electron chi connectivity index (χ0n) is 10.9. The summed E-state index contributed by atoms with van der Waals surface area (Å²) in [4.78, 5) is 11.0. The summed E-state index contributed by atoms with van der Waals surface area (Å²) in [6.07, 6.45) is 9.97. The monoisotopic (exact) mass is 265 g/mol. The molecular weight excluding hydrogens is 246 g/mol. The van der Waals surface area contributed by atoms with Crippen molar-refractivity contribution in [3.05, 3.63) is 17.0 Å². The number of halogens is 1. The van der Waals surface area contributed by atoms with Crippen LogP contribution in [0.15, 0.2) is 6.20 Å². The largest absolute Gasteiger partial charge is 0.353 e. The van der Waals surface area contributed by atoms with Gasteiger partial charge >= 0.3 is 0 Å². The van der Waals surface area contributed by atoms with Gasteiger partial charge in [0.25, 0.3) is 0 Å². The van der Waals surface area contributed by atoms with E-state index in [0.717, 1.165) is 23.8 Å². The van der Waals surface area contributed by atoms with Crippen LogP contribution in [-0.2, 0) is 0 Å². The molecule has 1 saturated carbocycles. The Morgan fingerprint density at radius 1 is 1.22 bits per heavy atom. The van der Waals surface area contributed by atoms with Crippen LogP contribution >= 0.6 is 11.6 Å². The first-order chi connectivity index (χ1) is 8.75. The summed E-state index contributed by atoms with van der Waals surface area (Å²) >= 11 is 5.96. The molecule has 98 valence electrons. The number of aromatic nitrogens is 2. The molecule has 18 heavy (non-hydrogen) atoms. The molecule has 3 nitrogen and oxygen atoms in total. The third-order valence-electron chi connectivity index (χ3n) is 4.43. The molecule has 0 radical (unpaired) electrons. The highest BCUT2D eigenvalue weighted by Gasteiger charge is 2.34. The molecule has 2 fully saturated rings. The Labute approximate surface area is 114 Å². The zero-order valence-corrected chi connectivity index (χ0v) is 11.7. The molecule has 1 aliphatic heterocycles. The molecule has 0 aromatic carbocycles. The van der Waals surface area contributed by atoms with Crippen molar-refractivity contribution in [1.29, 1.82) is 0 Å². The molecule has 1 aliphatic carbocycles. The number of anilines is 1. The number of aryl methyl sites for hydroxylation is 1. The van der Waals surface area contributed by atoms with E-state index in [2.05, 4.69) is 21.8 Å². The minimum absolute atomic E-state index is 0.369.